The molecule has 3 aliphatic rings. The molecule has 3 heterocycles. The van der Waals surface area contributed by atoms with Gasteiger partial charge in [0, 0.05) is 44.7 Å². The Hall–Kier alpha value is -3.75. The standard InChI is InChI=1S/C29H29FN4O3/c30-24-8-4-7-22(15-24)25-17-26(23-9-10-27-28(16-23)37-20-36-27)34(31-25)29(35)19-33-13-11-32(12-14-33)18-21-5-2-1-3-6-21/h1-10,15-16,26H,11-14,17-20H2/t26-/m1/s1. The topological polar surface area (TPSA) is 57.6 Å². The molecule has 37 heavy (non-hydrogen) atoms. The fourth-order valence-corrected chi connectivity index (χ4v) is 5.17. The van der Waals surface area contributed by atoms with E-state index in [1.54, 1.807) is 11.1 Å². The van der Waals surface area contributed by atoms with E-state index < -0.39 is 0 Å². The Morgan fingerprint density at radius 1 is 0.892 bits per heavy atom. The van der Waals surface area contributed by atoms with Crippen LogP contribution in [0.3, 0.4) is 0 Å². The van der Waals surface area contributed by atoms with Gasteiger partial charge >= 0.3 is 0 Å². The van der Waals surface area contributed by atoms with Crippen molar-refractivity contribution in [3.63, 3.8) is 0 Å². The van der Waals surface area contributed by atoms with Crippen molar-refractivity contribution >= 4 is 11.6 Å². The van der Waals surface area contributed by atoms with E-state index in [1.807, 2.05) is 30.3 Å². The molecule has 1 atom stereocenters. The van der Waals surface area contributed by atoms with Crippen LogP contribution in [0.5, 0.6) is 11.5 Å². The maximum absolute atomic E-state index is 13.9. The van der Waals surface area contributed by atoms with Gasteiger partial charge in [0.15, 0.2) is 11.5 Å². The average molecular weight is 501 g/mol. The van der Waals surface area contributed by atoms with Gasteiger partial charge in [0.25, 0.3) is 5.91 Å². The number of piperazine rings is 1. The van der Waals surface area contributed by atoms with Crippen LogP contribution in [0.25, 0.3) is 0 Å². The monoisotopic (exact) mass is 500 g/mol. The number of rotatable bonds is 6. The van der Waals surface area contributed by atoms with Gasteiger partial charge < -0.3 is 9.47 Å². The zero-order valence-electron chi connectivity index (χ0n) is 20.6. The van der Waals surface area contributed by atoms with E-state index in [9.17, 15) is 9.18 Å². The van der Waals surface area contributed by atoms with E-state index in [4.69, 9.17) is 14.6 Å². The molecule has 7 nitrogen and oxygen atoms in total. The molecule has 0 saturated carbocycles. The van der Waals surface area contributed by atoms with Gasteiger partial charge in [-0.15, -0.1) is 0 Å². The molecule has 0 spiro atoms. The minimum atomic E-state index is -0.321. The van der Waals surface area contributed by atoms with Crippen molar-refractivity contribution in [1.29, 1.82) is 0 Å². The van der Waals surface area contributed by atoms with E-state index in [1.165, 1.54) is 17.7 Å². The van der Waals surface area contributed by atoms with Crippen LogP contribution in [0.15, 0.2) is 77.9 Å². The molecule has 3 aliphatic heterocycles. The minimum Gasteiger partial charge on any atom is -0.454 e. The summed E-state index contributed by atoms with van der Waals surface area (Å²) < 4.78 is 25.0. The first-order valence-corrected chi connectivity index (χ1v) is 12.7. The van der Waals surface area contributed by atoms with Gasteiger partial charge in [0.2, 0.25) is 6.79 Å². The summed E-state index contributed by atoms with van der Waals surface area (Å²) in [7, 11) is 0. The first-order valence-electron chi connectivity index (χ1n) is 12.7. The van der Waals surface area contributed by atoms with Crippen LogP contribution >= 0.6 is 0 Å². The van der Waals surface area contributed by atoms with Crippen LogP contribution in [-0.4, -0.2) is 65.9 Å². The molecule has 190 valence electrons. The number of nitrogens with zero attached hydrogens (tertiary/aromatic N) is 4. The third-order valence-electron chi connectivity index (χ3n) is 7.18. The molecule has 0 aliphatic carbocycles. The number of hydrogen-bond donors (Lipinski definition) is 0. The second-order valence-electron chi connectivity index (χ2n) is 9.67. The highest BCUT2D eigenvalue weighted by Gasteiger charge is 2.35. The fraction of sp³-hybridized carbons (Fsp3) is 0.310. The number of halogens is 1. The van der Waals surface area contributed by atoms with Crippen molar-refractivity contribution in [2.75, 3.05) is 39.5 Å². The quantitative estimate of drug-likeness (QED) is 0.511. The van der Waals surface area contributed by atoms with Crippen LogP contribution < -0.4 is 9.47 Å². The lowest BCUT2D eigenvalue weighted by Crippen LogP contribution is -2.49. The number of carbonyl (C=O) groups excluding carboxylic acids is 1. The predicted molar refractivity (Wildman–Crippen MR) is 138 cm³/mol. The van der Waals surface area contributed by atoms with E-state index in [-0.39, 0.29) is 24.6 Å². The number of hydrogen-bond acceptors (Lipinski definition) is 6. The Balaban J connectivity index is 1.16. The largest absolute Gasteiger partial charge is 0.454 e. The van der Waals surface area contributed by atoms with E-state index in [2.05, 4.69) is 34.1 Å². The summed E-state index contributed by atoms with van der Waals surface area (Å²) in [6, 6.07) is 22.3. The predicted octanol–water partition coefficient (Wildman–Crippen LogP) is 4.05. The number of benzene rings is 3. The number of fused-ring (bicyclic) bond motifs is 1. The summed E-state index contributed by atoms with van der Waals surface area (Å²) in [5, 5.41) is 6.29. The molecule has 6 rings (SSSR count). The van der Waals surface area contributed by atoms with Crippen molar-refractivity contribution < 1.29 is 18.7 Å². The summed E-state index contributed by atoms with van der Waals surface area (Å²) in [6.07, 6.45) is 0.500. The van der Waals surface area contributed by atoms with Crippen LogP contribution in [0.2, 0.25) is 0 Å². The van der Waals surface area contributed by atoms with Crippen molar-refractivity contribution in [1.82, 2.24) is 14.8 Å². The Kier molecular flexibility index (Phi) is 6.59. The molecule has 1 fully saturated rings. The summed E-state index contributed by atoms with van der Waals surface area (Å²) in [5.41, 5.74) is 3.61. The van der Waals surface area contributed by atoms with Crippen LogP contribution in [0.4, 0.5) is 4.39 Å². The summed E-state index contributed by atoms with van der Waals surface area (Å²) in [6.45, 7) is 4.86. The zero-order valence-corrected chi connectivity index (χ0v) is 20.6. The molecule has 0 unspecified atom stereocenters. The Labute approximate surface area is 215 Å². The fourth-order valence-electron chi connectivity index (χ4n) is 5.17. The highest BCUT2D eigenvalue weighted by Crippen LogP contribution is 2.39. The average Bonchev–Trinajstić information content (AvgIpc) is 3.58. The minimum absolute atomic E-state index is 0.0643. The molecule has 0 N–H and O–H groups in total. The molecule has 3 aromatic carbocycles. The van der Waals surface area contributed by atoms with Crippen molar-refractivity contribution in [3.05, 3.63) is 95.3 Å². The Morgan fingerprint density at radius 3 is 2.49 bits per heavy atom. The van der Waals surface area contributed by atoms with Crippen LogP contribution in [0, 0.1) is 5.82 Å². The molecule has 8 heteroatoms. The third kappa shape index (κ3) is 5.21. The number of carbonyl (C=O) groups is 1. The molecule has 3 aromatic rings. The maximum Gasteiger partial charge on any atom is 0.257 e. The molecule has 0 radical (unpaired) electrons. The summed E-state index contributed by atoms with van der Waals surface area (Å²) >= 11 is 0. The van der Waals surface area contributed by atoms with Gasteiger partial charge in [0.1, 0.15) is 5.82 Å². The lowest BCUT2D eigenvalue weighted by atomic mass is 9.98. The first-order chi connectivity index (χ1) is 18.1. The molecule has 1 amide bonds. The van der Waals surface area contributed by atoms with Crippen LogP contribution in [-0.2, 0) is 11.3 Å². The van der Waals surface area contributed by atoms with Crippen molar-refractivity contribution in [2.45, 2.75) is 19.0 Å². The number of ether oxygens (including phenoxy) is 2. The molecular formula is C29H29FN4O3. The molecule has 1 saturated heterocycles. The first kappa shape index (κ1) is 23.6. The number of hydrazone groups is 1. The van der Waals surface area contributed by atoms with E-state index >= 15 is 0 Å². The van der Waals surface area contributed by atoms with Crippen LogP contribution in [0.1, 0.15) is 29.2 Å². The van der Waals surface area contributed by atoms with Gasteiger partial charge in [-0.2, -0.15) is 5.10 Å². The lowest BCUT2D eigenvalue weighted by Gasteiger charge is -2.35. The molecular weight excluding hydrogens is 471 g/mol. The highest BCUT2D eigenvalue weighted by atomic mass is 19.1. The van der Waals surface area contributed by atoms with Gasteiger partial charge in [0.05, 0.1) is 18.3 Å². The SMILES string of the molecule is O=C(CN1CCN(Cc2ccccc2)CC1)N1N=C(c2cccc(F)c2)C[C@@H]1c1ccc2c(c1)OCO2. The normalized spacial score (nSPS) is 19.8. The number of amides is 1. The van der Waals surface area contributed by atoms with E-state index in [0.29, 0.717) is 35.7 Å². The third-order valence-corrected chi connectivity index (χ3v) is 7.18. The van der Waals surface area contributed by atoms with E-state index in [0.717, 1.165) is 38.3 Å². The lowest BCUT2D eigenvalue weighted by molar-refractivity contribution is -0.134. The van der Waals surface area contributed by atoms with Crippen molar-refractivity contribution in [2.24, 2.45) is 5.10 Å². The second-order valence-corrected chi connectivity index (χ2v) is 9.67. The molecule has 0 aromatic heterocycles. The maximum atomic E-state index is 13.9. The second kappa shape index (κ2) is 10.3. The highest BCUT2D eigenvalue weighted by molar-refractivity contribution is 6.03. The van der Waals surface area contributed by atoms with Gasteiger partial charge in [-0.25, -0.2) is 9.40 Å². The van der Waals surface area contributed by atoms with Crippen molar-refractivity contribution in [3.8, 4) is 11.5 Å². The summed E-state index contributed by atoms with van der Waals surface area (Å²) in [4.78, 5) is 18.2. The summed E-state index contributed by atoms with van der Waals surface area (Å²) in [5.74, 6) is 0.974. The van der Waals surface area contributed by atoms with Gasteiger partial charge in [-0.05, 0) is 35.4 Å². The zero-order chi connectivity index (χ0) is 25.2. The Bertz CT molecular complexity index is 1310. The van der Waals surface area contributed by atoms with Gasteiger partial charge in [-0.3, -0.25) is 14.6 Å². The smallest absolute Gasteiger partial charge is 0.257 e. The Morgan fingerprint density at radius 2 is 1.68 bits per heavy atom. The molecule has 0 bridgehead atoms. The van der Waals surface area contributed by atoms with Gasteiger partial charge in [-0.1, -0.05) is 48.5 Å².